The molecule has 0 unspecified atom stereocenters. The van der Waals surface area contributed by atoms with Gasteiger partial charge >= 0.3 is 0 Å². The number of sulfonamides is 1. The quantitative estimate of drug-likeness (QED) is 0.363. The molecule has 0 saturated carbocycles. The normalized spacial score (nSPS) is 11.7. The van der Waals surface area contributed by atoms with E-state index in [1.54, 1.807) is 18.2 Å². The van der Waals surface area contributed by atoms with Crippen molar-refractivity contribution in [2.24, 2.45) is 0 Å². The molecule has 6 heteroatoms. The summed E-state index contributed by atoms with van der Waals surface area (Å²) < 4.78 is 30.6. The Bertz CT molecular complexity index is 1310. The van der Waals surface area contributed by atoms with E-state index >= 15 is 0 Å². The first-order chi connectivity index (χ1) is 15.5. The van der Waals surface area contributed by atoms with Crippen LogP contribution in [0.1, 0.15) is 37.2 Å². The molecule has 4 aromatic rings. The average molecular weight is 448 g/mol. The molecule has 0 aliphatic heterocycles. The van der Waals surface area contributed by atoms with E-state index in [9.17, 15) is 8.42 Å². The van der Waals surface area contributed by atoms with Gasteiger partial charge in [0.25, 0.3) is 10.0 Å². The number of nitrogens with one attached hydrogen (secondary N) is 1. The Labute approximate surface area is 190 Å². The van der Waals surface area contributed by atoms with E-state index in [0.717, 1.165) is 60.2 Å². The molecule has 1 aromatic heterocycles. The standard InChI is InChI=1S/C26H29N3O2S/c1-3-8-20-13-16-23(17-14-20)32(30,31)28-22-10-7-9-21(19-22)15-18-26-27-24-11-5-6-12-25(24)29(26)4-2/h5-7,9-14,16-17,19,28H,3-4,8,15,18H2,1-2H3. The summed E-state index contributed by atoms with van der Waals surface area (Å²) in [4.78, 5) is 5.07. The second-order valence-electron chi connectivity index (χ2n) is 7.96. The van der Waals surface area contributed by atoms with Gasteiger partial charge in [0.1, 0.15) is 5.82 Å². The third-order valence-electron chi connectivity index (χ3n) is 5.64. The maximum atomic E-state index is 12.8. The number of imidazole rings is 1. The molecule has 4 rings (SSSR count). The minimum atomic E-state index is -3.62. The van der Waals surface area contributed by atoms with Crippen molar-refractivity contribution in [3.63, 3.8) is 0 Å². The zero-order valence-electron chi connectivity index (χ0n) is 18.6. The maximum Gasteiger partial charge on any atom is 0.261 e. The Morgan fingerprint density at radius 1 is 0.844 bits per heavy atom. The lowest BCUT2D eigenvalue weighted by atomic mass is 10.1. The second kappa shape index (κ2) is 9.57. The van der Waals surface area contributed by atoms with Crippen molar-refractivity contribution in [1.82, 2.24) is 9.55 Å². The first-order valence-corrected chi connectivity index (χ1v) is 12.6. The lowest BCUT2D eigenvalue weighted by Gasteiger charge is -2.11. The van der Waals surface area contributed by atoms with Crippen molar-refractivity contribution < 1.29 is 8.42 Å². The number of hydrogen-bond acceptors (Lipinski definition) is 3. The molecular formula is C26H29N3O2S. The fourth-order valence-corrected chi connectivity index (χ4v) is 5.10. The van der Waals surface area contributed by atoms with Crippen molar-refractivity contribution >= 4 is 26.7 Å². The lowest BCUT2D eigenvalue weighted by Crippen LogP contribution is -2.13. The lowest BCUT2D eigenvalue weighted by molar-refractivity contribution is 0.601. The summed E-state index contributed by atoms with van der Waals surface area (Å²) in [5.41, 5.74) is 4.95. The number of nitrogens with zero attached hydrogens (tertiary/aromatic N) is 2. The SMILES string of the molecule is CCCc1ccc(S(=O)(=O)Nc2cccc(CCc3nc4ccccc4n3CC)c2)cc1. The highest BCUT2D eigenvalue weighted by molar-refractivity contribution is 7.92. The molecule has 32 heavy (non-hydrogen) atoms. The largest absolute Gasteiger partial charge is 0.328 e. The highest BCUT2D eigenvalue weighted by atomic mass is 32.2. The topological polar surface area (TPSA) is 64.0 Å². The monoisotopic (exact) mass is 447 g/mol. The molecule has 0 radical (unpaired) electrons. The Morgan fingerprint density at radius 3 is 2.38 bits per heavy atom. The van der Waals surface area contributed by atoms with Gasteiger partial charge < -0.3 is 4.57 Å². The van der Waals surface area contributed by atoms with Gasteiger partial charge in [-0.1, -0.05) is 49.7 Å². The van der Waals surface area contributed by atoms with Gasteiger partial charge in [-0.2, -0.15) is 0 Å². The number of aromatic nitrogens is 2. The summed E-state index contributed by atoms with van der Waals surface area (Å²) in [5.74, 6) is 1.05. The van der Waals surface area contributed by atoms with Crippen LogP contribution >= 0.6 is 0 Å². The minimum Gasteiger partial charge on any atom is -0.328 e. The molecule has 0 fully saturated rings. The molecule has 1 N–H and O–H groups in total. The molecule has 0 bridgehead atoms. The molecule has 0 aliphatic carbocycles. The van der Waals surface area contributed by atoms with Crippen LogP contribution in [0.3, 0.4) is 0 Å². The molecule has 1 heterocycles. The molecule has 0 spiro atoms. The average Bonchev–Trinajstić information content (AvgIpc) is 3.16. The van der Waals surface area contributed by atoms with Crippen LogP contribution in [-0.4, -0.2) is 18.0 Å². The molecular weight excluding hydrogens is 418 g/mol. The Kier molecular flexibility index (Phi) is 6.61. The first kappa shape index (κ1) is 22.1. The number of anilines is 1. The first-order valence-electron chi connectivity index (χ1n) is 11.1. The molecule has 0 amide bonds. The number of benzene rings is 3. The number of aryl methyl sites for hydroxylation is 4. The zero-order chi connectivity index (χ0) is 22.6. The molecule has 3 aromatic carbocycles. The van der Waals surface area contributed by atoms with E-state index < -0.39 is 10.0 Å². The van der Waals surface area contributed by atoms with Crippen LogP contribution in [0.2, 0.25) is 0 Å². The number of fused-ring (bicyclic) bond motifs is 1. The third kappa shape index (κ3) is 4.86. The van der Waals surface area contributed by atoms with Crippen LogP contribution in [0.15, 0.2) is 77.7 Å². The number of hydrogen-bond donors (Lipinski definition) is 1. The summed E-state index contributed by atoms with van der Waals surface area (Å²) in [7, 11) is -3.62. The van der Waals surface area contributed by atoms with Gasteiger partial charge in [-0.05, 0) is 67.3 Å². The Balaban J connectivity index is 1.48. The van der Waals surface area contributed by atoms with E-state index in [1.165, 1.54) is 0 Å². The third-order valence-corrected chi connectivity index (χ3v) is 7.04. The van der Waals surface area contributed by atoms with E-state index in [4.69, 9.17) is 4.98 Å². The van der Waals surface area contributed by atoms with Crippen LogP contribution in [0, 0.1) is 0 Å². The van der Waals surface area contributed by atoms with Gasteiger partial charge in [0.05, 0.1) is 15.9 Å². The van der Waals surface area contributed by atoms with Crippen molar-refractivity contribution in [1.29, 1.82) is 0 Å². The molecule has 0 aliphatic rings. The van der Waals surface area contributed by atoms with Crippen LogP contribution in [-0.2, 0) is 35.8 Å². The predicted octanol–water partition coefficient (Wildman–Crippen LogP) is 5.59. The Hall–Kier alpha value is -3.12. The van der Waals surface area contributed by atoms with Gasteiger partial charge in [0, 0.05) is 18.7 Å². The number of para-hydroxylation sites is 2. The summed E-state index contributed by atoms with van der Waals surface area (Å²) in [6.45, 7) is 5.10. The minimum absolute atomic E-state index is 0.277. The smallest absolute Gasteiger partial charge is 0.261 e. The van der Waals surface area contributed by atoms with E-state index in [-0.39, 0.29) is 4.90 Å². The Morgan fingerprint density at radius 2 is 1.62 bits per heavy atom. The van der Waals surface area contributed by atoms with Gasteiger partial charge in [-0.25, -0.2) is 13.4 Å². The fraction of sp³-hybridized carbons (Fsp3) is 0.269. The fourth-order valence-electron chi connectivity index (χ4n) is 4.05. The van der Waals surface area contributed by atoms with Crippen molar-refractivity contribution in [3.8, 4) is 0 Å². The highest BCUT2D eigenvalue weighted by Crippen LogP contribution is 2.21. The number of rotatable bonds is 9. The summed E-state index contributed by atoms with van der Waals surface area (Å²) in [6, 6.07) is 22.9. The van der Waals surface area contributed by atoms with Gasteiger partial charge in [0.15, 0.2) is 0 Å². The summed E-state index contributed by atoms with van der Waals surface area (Å²) >= 11 is 0. The van der Waals surface area contributed by atoms with Gasteiger partial charge in [-0.3, -0.25) is 4.72 Å². The van der Waals surface area contributed by atoms with Crippen LogP contribution in [0.5, 0.6) is 0 Å². The van der Waals surface area contributed by atoms with Gasteiger partial charge in [0.2, 0.25) is 0 Å². The van der Waals surface area contributed by atoms with E-state index in [0.29, 0.717) is 5.69 Å². The summed E-state index contributed by atoms with van der Waals surface area (Å²) in [6.07, 6.45) is 3.55. The zero-order valence-corrected chi connectivity index (χ0v) is 19.4. The molecule has 0 atom stereocenters. The van der Waals surface area contributed by atoms with E-state index in [1.807, 2.05) is 48.5 Å². The van der Waals surface area contributed by atoms with Gasteiger partial charge in [-0.15, -0.1) is 0 Å². The molecule has 166 valence electrons. The van der Waals surface area contributed by atoms with Crippen molar-refractivity contribution in [3.05, 3.63) is 89.7 Å². The van der Waals surface area contributed by atoms with E-state index in [2.05, 4.69) is 29.2 Å². The van der Waals surface area contributed by atoms with Crippen LogP contribution in [0.25, 0.3) is 11.0 Å². The molecule has 5 nitrogen and oxygen atoms in total. The maximum absolute atomic E-state index is 12.8. The predicted molar refractivity (Wildman–Crippen MR) is 131 cm³/mol. The van der Waals surface area contributed by atoms with Crippen molar-refractivity contribution in [2.75, 3.05) is 4.72 Å². The molecule has 0 saturated heterocycles. The highest BCUT2D eigenvalue weighted by Gasteiger charge is 2.15. The summed E-state index contributed by atoms with van der Waals surface area (Å²) in [5, 5.41) is 0. The van der Waals surface area contributed by atoms with Crippen LogP contribution in [0.4, 0.5) is 5.69 Å². The second-order valence-corrected chi connectivity index (χ2v) is 9.64. The van der Waals surface area contributed by atoms with Crippen LogP contribution < -0.4 is 4.72 Å². The van der Waals surface area contributed by atoms with Crippen molar-refractivity contribution in [2.45, 2.75) is 51.0 Å².